The van der Waals surface area contributed by atoms with Gasteiger partial charge < -0.3 is 9.47 Å². The van der Waals surface area contributed by atoms with Gasteiger partial charge in [0.1, 0.15) is 0 Å². The summed E-state index contributed by atoms with van der Waals surface area (Å²) in [7, 11) is 0. The number of hydrogen-bond acceptors (Lipinski definition) is 2. The van der Waals surface area contributed by atoms with E-state index in [0.717, 1.165) is 0 Å². The monoisotopic (exact) mass is 234 g/mol. The number of ether oxygens (including phenoxy) is 2. The van der Waals surface area contributed by atoms with Gasteiger partial charge in [0.25, 0.3) is 0 Å². The highest BCUT2D eigenvalue weighted by molar-refractivity contribution is 4.80. The lowest BCUT2D eigenvalue weighted by Gasteiger charge is -2.28. The van der Waals surface area contributed by atoms with Crippen LogP contribution in [-0.4, -0.2) is 37.5 Å². The fraction of sp³-hybridized carbons (Fsp3) is 1.00. The van der Waals surface area contributed by atoms with Gasteiger partial charge in [-0.05, 0) is 6.92 Å². The van der Waals surface area contributed by atoms with Crippen LogP contribution < -0.4 is 0 Å². The Balaban J connectivity index is 2.50. The van der Waals surface area contributed by atoms with Crippen LogP contribution in [0.3, 0.4) is 0 Å². The average molecular weight is 234 g/mol. The van der Waals surface area contributed by atoms with Crippen molar-refractivity contribution in [2.45, 2.75) is 37.6 Å². The zero-order valence-corrected chi connectivity index (χ0v) is 7.98. The van der Waals surface area contributed by atoms with E-state index in [1.807, 2.05) is 0 Å². The van der Waals surface area contributed by atoms with E-state index in [1.165, 1.54) is 6.92 Å². The highest BCUT2D eigenvalue weighted by Gasteiger charge is 2.59. The van der Waals surface area contributed by atoms with Crippen LogP contribution >= 0.6 is 0 Å². The molecule has 90 valence electrons. The van der Waals surface area contributed by atoms with E-state index in [9.17, 15) is 22.0 Å². The topological polar surface area (TPSA) is 21.8 Å². The molecule has 1 aliphatic rings. The van der Waals surface area contributed by atoms with Gasteiger partial charge in [-0.1, -0.05) is 0 Å². The van der Waals surface area contributed by atoms with Gasteiger partial charge in [0.2, 0.25) is 0 Å². The number of hydrogen-bond donors (Lipinski definition) is 0. The normalized spacial score (nSPS) is 27.2. The lowest BCUT2D eigenvalue weighted by atomic mass is 10.2. The maximum absolute atomic E-state index is 13.0. The molecule has 0 bridgehead atoms. The predicted molar refractivity (Wildman–Crippen MR) is 40.8 cm³/mol. The van der Waals surface area contributed by atoms with Crippen LogP contribution in [0, 0.1) is 0 Å². The van der Waals surface area contributed by atoms with Crippen molar-refractivity contribution in [2.75, 3.05) is 13.3 Å². The Kier molecular flexibility index (Phi) is 3.55. The van der Waals surface area contributed by atoms with Crippen LogP contribution in [0.15, 0.2) is 0 Å². The SMILES string of the molecule is CC(CC1CO1)OC(F)(CF)C(F)(F)F. The summed E-state index contributed by atoms with van der Waals surface area (Å²) >= 11 is 0. The van der Waals surface area contributed by atoms with Crippen molar-refractivity contribution in [1.82, 2.24) is 0 Å². The second-order valence-electron chi connectivity index (χ2n) is 3.48. The molecular formula is C8H11F5O2. The Hall–Kier alpha value is -0.430. The number of halogens is 5. The maximum atomic E-state index is 13.0. The van der Waals surface area contributed by atoms with E-state index in [-0.39, 0.29) is 12.5 Å². The summed E-state index contributed by atoms with van der Waals surface area (Å²) < 4.78 is 69.9. The molecule has 3 unspecified atom stereocenters. The Morgan fingerprint density at radius 2 is 1.93 bits per heavy atom. The van der Waals surface area contributed by atoms with Crippen LogP contribution in [0.1, 0.15) is 13.3 Å². The summed E-state index contributed by atoms with van der Waals surface area (Å²) in [4.78, 5) is 0. The molecule has 0 aromatic rings. The lowest BCUT2D eigenvalue weighted by Crippen LogP contribution is -2.47. The van der Waals surface area contributed by atoms with Crippen LogP contribution in [0.2, 0.25) is 0 Å². The van der Waals surface area contributed by atoms with Crippen molar-refractivity contribution >= 4 is 0 Å². The molecule has 0 amide bonds. The number of epoxide rings is 1. The molecule has 7 heteroatoms. The third-order valence-corrected chi connectivity index (χ3v) is 1.98. The molecular weight excluding hydrogens is 223 g/mol. The molecule has 1 rings (SSSR count). The summed E-state index contributed by atoms with van der Waals surface area (Å²) in [5.41, 5.74) is 0. The van der Waals surface area contributed by atoms with Gasteiger partial charge in [-0.25, -0.2) is 4.39 Å². The first kappa shape index (κ1) is 12.6. The second-order valence-corrected chi connectivity index (χ2v) is 3.48. The van der Waals surface area contributed by atoms with E-state index < -0.39 is 24.8 Å². The summed E-state index contributed by atoms with van der Waals surface area (Å²) in [5, 5.41) is 0. The molecule has 1 aliphatic heterocycles. The largest absolute Gasteiger partial charge is 0.451 e. The first-order chi connectivity index (χ1) is 6.78. The first-order valence-electron chi connectivity index (χ1n) is 4.39. The van der Waals surface area contributed by atoms with E-state index in [4.69, 9.17) is 4.74 Å². The summed E-state index contributed by atoms with van der Waals surface area (Å²) in [6, 6.07) is 0. The van der Waals surface area contributed by atoms with Crippen LogP contribution in [0.4, 0.5) is 22.0 Å². The Bertz CT molecular complexity index is 216. The molecule has 0 aromatic heterocycles. The van der Waals surface area contributed by atoms with E-state index >= 15 is 0 Å². The Labute approximate surface area is 83.3 Å². The van der Waals surface area contributed by atoms with Gasteiger partial charge in [0, 0.05) is 6.42 Å². The third-order valence-electron chi connectivity index (χ3n) is 1.98. The molecule has 15 heavy (non-hydrogen) atoms. The van der Waals surface area contributed by atoms with Gasteiger partial charge in [0.05, 0.1) is 18.8 Å². The van der Waals surface area contributed by atoms with Crippen molar-refractivity contribution in [1.29, 1.82) is 0 Å². The molecule has 2 nitrogen and oxygen atoms in total. The molecule has 0 aromatic carbocycles. The van der Waals surface area contributed by atoms with E-state index in [0.29, 0.717) is 6.61 Å². The summed E-state index contributed by atoms with van der Waals surface area (Å²) in [6.07, 6.45) is -6.47. The van der Waals surface area contributed by atoms with Gasteiger partial charge in [-0.3, -0.25) is 0 Å². The average Bonchev–Trinajstić information content (AvgIpc) is 2.85. The van der Waals surface area contributed by atoms with Crippen LogP contribution in [0.25, 0.3) is 0 Å². The fourth-order valence-electron chi connectivity index (χ4n) is 1.12. The highest BCUT2D eigenvalue weighted by atomic mass is 19.4. The predicted octanol–water partition coefficient (Wildman–Crippen LogP) is 2.38. The summed E-state index contributed by atoms with van der Waals surface area (Å²) in [5.74, 6) is -4.21. The minimum Gasteiger partial charge on any atom is -0.373 e. The molecule has 1 heterocycles. The molecule has 3 atom stereocenters. The first-order valence-corrected chi connectivity index (χ1v) is 4.39. The zero-order chi connectivity index (χ0) is 11.7. The third kappa shape index (κ3) is 3.27. The van der Waals surface area contributed by atoms with E-state index in [2.05, 4.69) is 4.74 Å². The standard InChI is InChI=1S/C8H11F5O2/c1-5(2-6-3-14-6)15-7(10,4-9)8(11,12)13/h5-6H,2-4H2,1H3. The molecule has 0 aliphatic carbocycles. The minimum absolute atomic E-state index is 0.127. The zero-order valence-electron chi connectivity index (χ0n) is 7.98. The molecule has 0 N–H and O–H groups in total. The second kappa shape index (κ2) is 4.21. The van der Waals surface area contributed by atoms with Crippen molar-refractivity contribution in [3.05, 3.63) is 0 Å². The molecule has 0 saturated carbocycles. The van der Waals surface area contributed by atoms with Crippen molar-refractivity contribution < 1.29 is 31.4 Å². The number of alkyl halides is 5. The Morgan fingerprint density at radius 3 is 2.27 bits per heavy atom. The smallest absolute Gasteiger partial charge is 0.373 e. The van der Waals surface area contributed by atoms with Crippen molar-refractivity contribution in [2.24, 2.45) is 0 Å². The minimum atomic E-state index is -5.36. The fourth-order valence-corrected chi connectivity index (χ4v) is 1.12. The quantitative estimate of drug-likeness (QED) is 0.538. The van der Waals surface area contributed by atoms with Crippen LogP contribution in [0.5, 0.6) is 0 Å². The molecule has 0 spiro atoms. The van der Waals surface area contributed by atoms with Crippen LogP contribution in [-0.2, 0) is 9.47 Å². The van der Waals surface area contributed by atoms with E-state index in [1.54, 1.807) is 0 Å². The van der Waals surface area contributed by atoms with Gasteiger partial charge >= 0.3 is 12.0 Å². The number of rotatable bonds is 5. The molecule has 1 fully saturated rings. The van der Waals surface area contributed by atoms with Gasteiger partial charge in [-0.15, -0.1) is 0 Å². The lowest BCUT2D eigenvalue weighted by molar-refractivity contribution is -0.347. The van der Waals surface area contributed by atoms with Crippen molar-refractivity contribution in [3.63, 3.8) is 0 Å². The van der Waals surface area contributed by atoms with Gasteiger partial charge in [0.15, 0.2) is 6.67 Å². The maximum Gasteiger partial charge on any atom is 0.451 e. The molecule has 0 radical (unpaired) electrons. The molecule has 1 saturated heterocycles. The summed E-state index contributed by atoms with van der Waals surface area (Å²) in [6.45, 7) is -0.571. The highest BCUT2D eigenvalue weighted by Crippen LogP contribution is 2.37. The Morgan fingerprint density at radius 1 is 1.40 bits per heavy atom. The van der Waals surface area contributed by atoms with Crippen molar-refractivity contribution in [3.8, 4) is 0 Å². The van der Waals surface area contributed by atoms with Gasteiger partial charge in [-0.2, -0.15) is 17.6 Å².